The first-order valence-electron chi connectivity index (χ1n) is 9.76. The van der Waals surface area contributed by atoms with Gasteiger partial charge in [0.15, 0.2) is 16.6 Å². The molecule has 148 valence electrons. The van der Waals surface area contributed by atoms with Gasteiger partial charge in [0.1, 0.15) is 6.10 Å². The zero-order valence-corrected chi connectivity index (χ0v) is 20.4. The van der Waals surface area contributed by atoms with Crippen LogP contribution >= 0.6 is 0 Å². The molecule has 5 heteroatoms. The summed E-state index contributed by atoms with van der Waals surface area (Å²) in [6.45, 7) is 24.4. The van der Waals surface area contributed by atoms with Crippen LogP contribution in [0, 0.1) is 0 Å². The van der Waals surface area contributed by atoms with E-state index in [1.54, 1.807) is 0 Å². The van der Waals surface area contributed by atoms with Crippen LogP contribution in [0.3, 0.4) is 0 Å². The van der Waals surface area contributed by atoms with Gasteiger partial charge in [-0.15, -0.1) is 0 Å². The highest BCUT2D eigenvalue weighted by Gasteiger charge is 2.42. The third kappa shape index (κ3) is 6.62. The standard InChI is InChI=1S/C20H42O3Si2/c1-19(2,3)24(7,8)22-16-18-17(14-12-11-13-15-21-18)23-25(9,10)20(4,5)6/h11-12,17-18H,13-16H2,1-10H3/b12-11-/t17-,18-/m0/s1. The SMILES string of the molecule is CC(C)(C)[Si](C)(C)OC[C@@H]1OCC/C=C\C[C@@H]1O[Si](C)(C)C(C)(C)C. The maximum absolute atomic E-state index is 6.74. The Morgan fingerprint density at radius 3 is 2.00 bits per heavy atom. The fourth-order valence-electron chi connectivity index (χ4n) is 2.24. The lowest BCUT2D eigenvalue weighted by molar-refractivity contribution is -0.0541. The molecule has 0 amide bonds. The summed E-state index contributed by atoms with van der Waals surface area (Å²) in [5.74, 6) is 0. The lowest BCUT2D eigenvalue weighted by atomic mass is 10.1. The molecule has 1 aliphatic rings. The summed E-state index contributed by atoms with van der Waals surface area (Å²) in [6.07, 6.45) is 6.48. The van der Waals surface area contributed by atoms with Crippen LogP contribution in [0.25, 0.3) is 0 Å². The van der Waals surface area contributed by atoms with Crippen LogP contribution in [0.4, 0.5) is 0 Å². The average Bonchev–Trinajstić information content (AvgIpc) is 2.38. The van der Waals surface area contributed by atoms with Crippen LogP contribution in [-0.4, -0.2) is 42.1 Å². The van der Waals surface area contributed by atoms with Gasteiger partial charge in [0, 0.05) is 0 Å². The quantitative estimate of drug-likeness (QED) is 0.420. The van der Waals surface area contributed by atoms with Crippen molar-refractivity contribution in [3.8, 4) is 0 Å². The third-order valence-electron chi connectivity index (χ3n) is 6.23. The number of rotatable bonds is 5. The van der Waals surface area contributed by atoms with E-state index in [0.717, 1.165) is 19.4 Å². The molecule has 0 bridgehead atoms. The summed E-state index contributed by atoms with van der Waals surface area (Å²) in [6, 6.07) is 0. The fraction of sp³-hybridized carbons (Fsp3) is 0.900. The van der Waals surface area contributed by atoms with Gasteiger partial charge in [0.2, 0.25) is 0 Å². The van der Waals surface area contributed by atoms with E-state index in [1.165, 1.54) is 0 Å². The van der Waals surface area contributed by atoms with E-state index in [1.807, 2.05) is 0 Å². The van der Waals surface area contributed by atoms with Crippen LogP contribution in [0.5, 0.6) is 0 Å². The summed E-state index contributed by atoms with van der Waals surface area (Å²) in [5, 5.41) is 0.411. The highest BCUT2D eigenvalue weighted by atomic mass is 28.4. The number of hydrogen-bond acceptors (Lipinski definition) is 3. The summed E-state index contributed by atoms with van der Waals surface area (Å²) in [5.41, 5.74) is 0. The van der Waals surface area contributed by atoms with Crippen LogP contribution in [0.2, 0.25) is 36.3 Å². The Morgan fingerprint density at radius 2 is 1.48 bits per heavy atom. The second kappa shape index (κ2) is 8.38. The summed E-state index contributed by atoms with van der Waals surface area (Å²) < 4.78 is 19.4. The molecular formula is C20H42O3Si2. The molecule has 3 nitrogen and oxygen atoms in total. The zero-order valence-electron chi connectivity index (χ0n) is 18.4. The van der Waals surface area contributed by atoms with Gasteiger partial charge in [-0.1, -0.05) is 53.7 Å². The monoisotopic (exact) mass is 386 g/mol. The van der Waals surface area contributed by atoms with E-state index in [9.17, 15) is 0 Å². The van der Waals surface area contributed by atoms with Crippen molar-refractivity contribution in [2.24, 2.45) is 0 Å². The predicted octanol–water partition coefficient (Wildman–Crippen LogP) is 6.13. The summed E-state index contributed by atoms with van der Waals surface area (Å²) >= 11 is 0. The molecule has 0 aliphatic carbocycles. The van der Waals surface area contributed by atoms with Crippen molar-refractivity contribution in [2.45, 2.75) is 103 Å². The Bertz CT molecular complexity index is 445. The van der Waals surface area contributed by atoms with Crippen LogP contribution in [0.1, 0.15) is 54.4 Å². The molecular weight excluding hydrogens is 344 g/mol. The molecule has 0 unspecified atom stereocenters. The maximum atomic E-state index is 6.74. The van der Waals surface area contributed by atoms with Gasteiger partial charge in [0.25, 0.3) is 0 Å². The second-order valence-electron chi connectivity index (χ2n) is 10.4. The van der Waals surface area contributed by atoms with Gasteiger partial charge >= 0.3 is 0 Å². The van der Waals surface area contributed by atoms with E-state index >= 15 is 0 Å². The highest BCUT2D eigenvalue weighted by Crippen LogP contribution is 2.39. The van der Waals surface area contributed by atoms with Crippen LogP contribution < -0.4 is 0 Å². The van der Waals surface area contributed by atoms with E-state index in [2.05, 4.69) is 79.9 Å². The lowest BCUT2D eigenvalue weighted by Crippen LogP contribution is -2.50. The highest BCUT2D eigenvalue weighted by molar-refractivity contribution is 6.74. The van der Waals surface area contributed by atoms with Crippen molar-refractivity contribution in [3.05, 3.63) is 12.2 Å². The molecule has 0 aromatic carbocycles. The molecule has 0 aromatic rings. The molecule has 0 spiro atoms. The van der Waals surface area contributed by atoms with Crippen LogP contribution in [0.15, 0.2) is 12.2 Å². The minimum Gasteiger partial charge on any atom is -0.414 e. The first-order valence-corrected chi connectivity index (χ1v) is 15.6. The molecule has 1 aliphatic heterocycles. The zero-order chi connectivity index (χ0) is 19.5. The molecule has 25 heavy (non-hydrogen) atoms. The van der Waals surface area contributed by atoms with Crippen molar-refractivity contribution in [2.75, 3.05) is 13.2 Å². The molecule has 1 heterocycles. The topological polar surface area (TPSA) is 27.7 Å². The van der Waals surface area contributed by atoms with E-state index in [0.29, 0.717) is 6.61 Å². The molecule has 0 radical (unpaired) electrons. The Morgan fingerprint density at radius 1 is 0.920 bits per heavy atom. The second-order valence-corrected chi connectivity index (χ2v) is 20.0. The fourth-order valence-corrected chi connectivity index (χ4v) is 4.61. The summed E-state index contributed by atoms with van der Waals surface area (Å²) in [4.78, 5) is 0. The minimum absolute atomic E-state index is 0.0215. The van der Waals surface area contributed by atoms with Crippen molar-refractivity contribution < 1.29 is 13.6 Å². The largest absolute Gasteiger partial charge is 0.414 e. The molecule has 0 fully saturated rings. The van der Waals surface area contributed by atoms with Crippen molar-refractivity contribution >= 4 is 16.6 Å². The normalized spacial score (nSPS) is 25.4. The molecule has 0 saturated heterocycles. The van der Waals surface area contributed by atoms with E-state index < -0.39 is 16.6 Å². The van der Waals surface area contributed by atoms with Crippen molar-refractivity contribution in [1.82, 2.24) is 0 Å². The predicted molar refractivity (Wildman–Crippen MR) is 113 cm³/mol. The van der Waals surface area contributed by atoms with E-state index in [4.69, 9.17) is 13.6 Å². The van der Waals surface area contributed by atoms with Gasteiger partial charge in [0.05, 0.1) is 19.3 Å². The first kappa shape index (κ1) is 23.1. The van der Waals surface area contributed by atoms with Crippen LogP contribution in [-0.2, 0) is 13.6 Å². The smallest absolute Gasteiger partial charge is 0.192 e. The number of ether oxygens (including phenoxy) is 1. The Balaban J connectivity index is 2.89. The molecule has 0 saturated carbocycles. The Kier molecular flexibility index (Phi) is 7.74. The van der Waals surface area contributed by atoms with Gasteiger partial charge in [-0.3, -0.25) is 0 Å². The van der Waals surface area contributed by atoms with E-state index in [-0.39, 0.29) is 22.3 Å². The number of hydrogen-bond donors (Lipinski definition) is 0. The Hall–Kier alpha value is 0.0538. The molecule has 0 aromatic heterocycles. The minimum atomic E-state index is -1.84. The van der Waals surface area contributed by atoms with Crippen molar-refractivity contribution in [1.29, 1.82) is 0 Å². The van der Waals surface area contributed by atoms with Gasteiger partial charge < -0.3 is 13.6 Å². The average molecular weight is 387 g/mol. The van der Waals surface area contributed by atoms with Gasteiger partial charge in [-0.2, -0.15) is 0 Å². The first-order chi connectivity index (χ1) is 11.2. The summed E-state index contributed by atoms with van der Waals surface area (Å²) in [7, 11) is -3.63. The Labute approximate surface area is 158 Å². The third-order valence-corrected chi connectivity index (χ3v) is 15.2. The maximum Gasteiger partial charge on any atom is 0.192 e. The molecule has 2 atom stereocenters. The lowest BCUT2D eigenvalue weighted by Gasteiger charge is -2.43. The van der Waals surface area contributed by atoms with Crippen molar-refractivity contribution in [3.63, 3.8) is 0 Å². The molecule has 0 N–H and O–H groups in total. The van der Waals surface area contributed by atoms with Gasteiger partial charge in [-0.25, -0.2) is 0 Å². The van der Waals surface area contributed by atoms with Gasteiger partial charge in [-0.05, 0) is 49.1 Å². The molecule has 1 rings (SSSR count).